The van der Waals surface area contributed by atoms with Gasteiger partial charge >= 0.3 is 0 Å². The summed E-state index contributed by atoms with van der Waals surface area (Å²) < 4.78 is 0. The largest absolute Gasteiger partial charge is 0.354 e. The SMILES string of the molecule is C(#Cc1c2nc(cc3nc(c(C#Cc4ccccc4)c4[nH]c(cc5[nH]c1c1c5C5C=CC1CC5)c1c4C4C=CC1CC4)C1=C3C3C=CC1CC3)C1=C2C2C=CC1CC2)c1ccccc1. The molecule has 0 radical (unpaired) electrons. The Bertz CT molecular complexity index is 3220. The molecule has 8 unspecified atom stereocenters. The molecule has 2 N–H and O–H groups in total. The molecular weight excluding hydrogens is 777 g/mol. The Kier molecular flexibility index (Phi) is 7.40. The Balaban J connectivity index is 1.14. The number of hydrogen-bond donors (Lipinski definition) is 2. The molecule has 5 aromatic rings. The standard InChI is InChI=1S/C60H46N4/c1-3-7-33(8-4-1)11-29-43-57-53-39-21-13-35(14-22-39)49(53)45(61-57)31-47-51-37-17-25-41(26-18-37)55(51)59(63-47)44(30-12-34-9-5-2-6-10-34)60-56-42-27-19-38(20-28-42)52(56)48(64-60)32-46-50-36-15-23-40(24-16-36)54(50)58(43)62-46/h1-10,13,15,17,19,21,23,25,27,31-32,35-42,61,63H,14,16,18,20,22,24,26,28H2. The quantitative estimate of drug-likeness (QED) is 0.121. The van der Waals surface area contributed by atoms with E-state index in [1.165, 1.54) is 55.6 Å². The van der Waals surface area contributed by atoms with Crippen molar-refractivity contribution in [2.45, 2.75) is 75.0 Å². The fraction of sp³-hybridized carbons (Fsp3) is 0.267. The Morgan fingerprint density at radius 1 is 0.375 bits per heavy atom. The molecule has 0 spiro atoms. The summed E-state index contributed by atoms with van der Waals surface area (Å²) >= 11 is 0. The van der Waals surface area contributed by atoms with Crippen LogP contribution in [0, 0.1) is 47.4 Å². The van der Waals surface area contributed by atoms with Crippen LogP contribution < -0.4 is 0 Å². The zero-order valence-electron chi connectivity index (χ0n) is 35.7. The van der Waals surface area contributed by atoms with Gasteiger partial charge in [-0.05, 0) is 132 Å². The van der Waals surface area contributed by atoms with Crippen LogP contribution in [0.4, 0.5) is 0 Å². The molecule has 0 saturated heterocycles. The molecule has 4 heteroatoms. The molecule has 3 aromatic heterocycles. The van der Waals surface area contributed by atoms with Gasteiger partial charge in [0.05, 0.1) is 44.9 Å². The third-order valence-electron chi connectivity index (χ3n) is 16.5. The first kappa shape index (κ1) is 35.6. The number of allylic oxidation sites excluding steroid dienone is 12. The normalized spacial score (nSPS) is 27.5. The Hall–Kier alpha value is -6.88. The third-order valence-corrected chi connectivity index (χ3v) is 16.5. The highest BCUT2D eigenvalue weighted by Crippen LogP contribution is 2.57. The number of fused-ring (bicyclic) bond motifs is 12. The van der Waals surface area contributed by atoms with Crippen LogP contribution in [0.5, 0.6) is 0 Å². The summed E-state index contributed by atoms with van der Waals surface area (Å²) in [4.78, 5) is 20.1. The zero-order valence-corrected chi connectivity index (χ0v) is 35.7. The van der Waals surface area contributed by atoms with Crippen LogP contribution >= 0.6 is 0 Å². The van der Waals surface area contributed by atoms with Crippen LogP contribution in [0.25, 0.3) is 44.4 Å². The molecule has 0 saturated carbocycles. The van der Waals surface area contributed by atoms with Crippen molar-refractivity contribution in [1.29, 1.82) is 0 Å². The monoisotopic (exact) mass is 822 g/mol. The summed E-state index contributed by atoms with van der Waals surface area (Å²) in [6, 6.07) is 25.9. The second-order valence-corrected chi connectivity index (χ2v) is 19.8. The van der Waals surface area contributed by atoms with Gasteiger partial charge in [0, 0.05) is 69.5 Å². The van der Waals surface area contributed by atoms with Crippen molar-refractivity contribution >= 4 is 44.4 Å². The van der Waals surface area contributed by atoms with Gasteiger partial charge < -0.3 is 9.97 Å². The zero-order chi connectivity index (χ0) is 41.6. The van der Waals surface area contributed by atoms with E-state index in [0.29, 0.717) is 47.3 Å². The average molecular weight is 823 g/mol. The van der Waals surface area contributed by atoms with Crippen molar-refractivity contribution in [3.05, 3.63) is 189 Å². The van der Waals surface area contributed by atoms with Crippen LogP contribution in [0.3, 0.4) is 0 Å². The first-order valence-electron chi connectivity index (χ1n) is 23.9. The molecule has 12 aliphatic carbocycles. The molecule has 14 aliphatic rings. The van der Waals surface area contributed by atoms with Crippen molar-refractivity contribution < 1.29 is 0 Å². The van der Waals surface area contributed by atoms with Gasteiger partial charge in [-0.1, -0.05) is 109 Å². The summed E-state index contributed by atoms with van der Waals surface area (Å²) in [5.74, 6) is 17.7. The highest BCUT2D eigenvalue weighted by atomic mass is 14.8. The summed E-state index contributed by atoms with van der Waals surface area (Å²) in [5.41, 5.74) is 24.4. The second-order valence-electron chi connectivity index (χ2n) is 19.8. The Morgan fingerprint density at radius 3 is 1.12 bits per heavy atom. The van der Waals surface area contributed by atoms with Crippen molar-refractivity contribution in [2.24, 2.45) is 23.7 Å². The second kappa shape index (κ2) is 13.3. The summed E-state index contributed by atoms with van der Waals surface area (Å²) in [6.07, 6.45) is 29.0. The highest BCUT2D eigenvalue weighted by molar-refractivity contribution is 6.03. The number of H-pyrrole nitrogens is 2. The predicted octanol–water partition coefficient (Wildman–Crippen LogP) is 13.2. The molecular formula is C60H46N4. The van der Waals surface area contributed by atoms with Gasteiger partial charge in [-0.2, -0.15) is 0 Å². The molecule has 8 atom stereocenters. The first-order valence-corrected chi connectivity index (χ1v) is 23.9. The number of hydrogen-bond acceptors (Lipinski definition) is 2. The smallest absolute Gasteiger partial charge is 0.0856 e. The van der Waals surface area contributed by atoms with E-state index < -0.39 is 0 Å². The molecule has 16 bridgehead atoms. The van der Waals surface area contributed by atoms with E-state index in [2.05, 4.69) is 155 Å². The number of benzene rings is 2. The van der Waals surface area contributed by atoms with Crippen LogP contribution in [0.15, 0.2) is 121 Å². The maximum absolute atomic E-state index is 5.85. The van der Waals surface area contributed by atoms with Gasteiger partial charge in [-0.25, -0.2) is 9.97 Å². The summed E-state index contributed by atoms with van der Waals surface area (Å²) in [6.45, 7) is 0. The van der Waals surface area contributed by atoms with Crippen molar-refractivity contribution in [3.63, 3.8) is 0 Å². The van der Waals surface area contributed by atoms with E-state index in [-0.39, 0.29) is 0 Å². The third kappa shape index (κ3) is 5.03. The number of aromatic amines is 2. The van der Waals surface area contributed by atoms with E-state index in [9.17, 15) is 0 Å². The Morgan fingerprint density at radius 2 is 0.734 bits per heavy atom. The minimum atomic E-state index is 0.310. The first-order chi connectivity index (χ1) is 31.7. The van der Waals surface area contributed by atoms with Gasteiger partial charge in [0.1, 0.15) is 0 Å². The summed E-state index contributed by atoms with van der Waals surface area (Å²) in [5, 5.41) is 0. The highest BCUT2D eigenvalue weighted by Gasteiger charge is 2.43. The molecule has 4 nitrogen and oxygen atoms in total. The van der Waals surface area contributed by atoms with Crippen LogP contribution in [0.2, 0.25) is 0 Å². The number of nitrogens with zero attached hydrogens (tertiary/aromatic N) is 2. The molecule has 0 fully saturated rings. The van der Waals surface area contributed by atoms with Gasteiger partial charge in [0.15, 0.2) is 0 Å². The van der Waals surface area contributed by atoms with Crippen LogP contribution in [-0.2, 0) is 0 Å². The van der Waals surface area contributed by atoms with Gasteiger partial charge in [0.25, 0.3) is 0 Å². The lowest BCUT2D eigenvalue weighted by atomic mass is 9.69. The number of aromatic nitrogens is 4. The molecule has 5 heterocycles. The van der Waals surface area contributed by atoms with Crippen molar-refractivity contribution in [1.82, 2.24) is 19.9 Å². The number of rotatable bonds is 0. The average Bonchev–Trinajstić information content (AvgIpc) is 4.16. The number of nitrogens with one attached hydrogen (secondary N) is 2. The van der Waals surface area contributed by atoms with E-state index >= 15 is 0 Å². The maximum Gasteiger partial charge on any atom is 0.0856 e. The van der Waals surface area contributed by atoms with E-state index in [4.69, 9.17) is 9.97 Å². The van der Waals surface area contributed by atoms with Gasteiger partial charge in [0.2, 0.25) is 0 Å². The Labute approximate surface area is 373 Å². The van der Waals surface area contributed by atoms with Crippen LogP contribution in [0.1, 0.15) is 142 Å². The van der Waals surface area contributed by atoms with E-state index in [0.717, 1.165) is 107 Å². The molecule has 2 aromatic carbocycles. The lowest BCUT2D eigenvalue weighted by Gasteiger charge is -2.34. The van der Waals surface area contributed by atoms with Crippen molar-refractivity contribution in [3.8, 4) is 23.7 Å². The molecule has 306 valence electrons. The topological polar surface area (TPSA) is 57.4 Å². The molecule has 2 aliphatic heterocycles. The van der Waals surface area contributed by atoms with E-state index in [1.54, 1.807) is 0 Å². The lowest BCUT2D eigenvalue weighted by molar-refractivity contribution is 0.557. The minimum absolute atomic E-state index is 0.310. The molecule has 19 rings (SSSR count). The summed E-state index contributed by atoms with van der Waals surface area (Å²) in [7, 11) is 0. The van der Waals surface area contributed by atoms with Gasteiger partial charge in [-0.3, -0.25) is 0 Å². The van der Waals surface area contributed by atoms with Crippen molar-refractivity contribution in [2.75, 3.05) is 0 Å². The van der Waals surface area contributed by atoms with Gasteiger partial charge in [-0.15, -0.1) is 0 Å². The predicted molar refractivity (Wildman–Crippen MR) is 258 cm³/mol. The minimum Gasteiger partial charge on any atom is -0.354 e. The molecule has 64 heavy (non-hydrogen) atoms. The maximum atomic E-state index is 5.85. The fourth-order valence-corrected chi connectivity index (χ4v) is 13.7. The fourth-order valence-electron chi connectivity index (χ4n) is 13.7. The molecule has 0 amide bonds. The van der Waals surface area contributed by atoms with E-state index in [1.807, 2.05) is 0 Å². The lowest BCUT2D eigenvalue weighted by Crippen LogP contribution is -2.19. The van der Waals surface area contributed by atoms with Crippen LogP contribution in [-0.4, -0.2) is 19.9 Å².